The zero-order valence-electron chi connectivity index (χ0n) is 18.4. The fourth-order valence-electron chi connectivity index (χ4n) is 2.33. The van der Waals surface area contributed by atoms with Gasteiger partial charge in [-0.2, -0.15) is 0 Å². The number of carbonyl (C=O) groups excluding carboxylic acids is 2. The number of esters is 2. The van der Waals surface area contributed by atoms with Crippen LogP contribution < -0.4 is 4.43 Å². The van der Waals surface area contributed by atoms with Gasteiger partial charge in [-0.3, -0.25) is 14.4 Å². The first-order valence-electron chi connectivity index (χ1n) is 9.55. The largest absolute Gasteiger partial charge is 0.543 e. The van der Waals surface area contributed by atoms with E-state index in [1.165, 1.54) is 13.8 Å². The van der Waals surface area contributed by atoms with Crippen molar-refractivity contribution >= 4 is 26.2 Å². The highest BCUT2D eigenvalue weighted by Crippen LogP contribution is 2.40. The number of benzene rings is 1. The Morgan fingerprint density at radius 3 is 1.76 bits per heavy atom. The first-order chi connectivity index (χ1) is 13.2. The van der Waals surface area contributed by atoms with E-state index >= 15 is 0 Å². The van der Waals surface area contributed by atoms with Gasteiger partial charge < -0.3 is 19.0 Å². The number of carboxylic acid groups (broad SMARTS) is 1. The summed E-state index contributed by atoms with van der Waals surface area (Å²) in [4.78, 5) is 33.7. The normalized spacial score (nSPS) is 11.7. The molecule has 0 aromatic heterocycles. The molecule has 1 aromatic rings. The Morgan fingerprint density at radius 1 is 0.966 bits per heavy atom. The van der Waals surface area contributed by atoms with Crippen molar-refractivity contribution in [2.75, 3.05) is 0 Å². The summed E-state index contributed by atoms with van der Waals surface area (Å²) in [7, 11) is -2.25. The lowest BCUT2D eigenvalue weighted by molar-refractivity contribution is -0.142. The second-order valence-electron chi connectivity index (χ2n) is 8.56. The minimum atomic E-state index is -2.25. The van der Waals surface area contributed by atoms with Crippen LogP contribution >= 0.6 is 0 Å². The van der Waals surface area contributed by atoms with Gasteiger partial charge in [0, 0.05) is 31.4 Å². The topological polar surface area (TPSA) is 99.1 Å². The van der Waals surface area contributed by atoms with Crippen LogP contribution in [0.4, 0.5) is 0 Å². The van der Waals surface area contributed by atoms with Gasteiger partial charge in [-0.15, -0.1) is 0 Å². The smallest absolute Gasteiger partial charge is 0.303 e. The molecule has 0 unspecified atom stereocenters. The first kappa shape index (κ1) is 24.7. The average molecular weight is 425 g/mol. The fourth-order valence-corrected chi connectivity index (χ4v) is 3.41. The molecular weight excluding hydrogens is 392 g/mol. The van der Waals surface area contributed by atoms with Crippen LogP contribution in [-0.2, 0) is 43.5 Å². The van der Waals surface area contributed by atoms with Gasteiger partial charge in [0.1, 0.15) is 19.0 Å². The van der Waals surface area contributed by atoms with Crippen LogP contribution in [0.25, 0.3) is 0 Å². The standard InChI is InChI=1S/C21H32O7Si/c1-14(22)26-12-17-10-16(8-9-19(24)25)11-18(13-27-15(2)23)20(17)28-29(6,7)21(3,4)5/h10-11H,8-9,12-13H2,1-7H3,(H,24,25). The molecule has 0 bridgehead atoms. The summed E-state index contributed by atoms with van der Waals surface area (Å²) in [5.41, 5.74) is 2.02. The maximum absolute atomic E-state index is 11.4. The SMILES string of the molecule is CC(=O)OCc1cc(CCC(=O)O)cc(COC(C)=O)c1O[Si](C)(C)C(C)(C)C. The van der Waals surface area contributed by atoms with Crippen molar-refractivity contribution in [1.82, 2.24) is 0 Å². The van der Waals surface area contributed by atoms with Crippen LogP contribution in [0.2, 0.25) is 18.1 Å². The van der Waals surface area contributed by atoms with Crippen LogP contribution in [0, 0.1) is 0 Å². The van der Waals surface area contributed by atoms with E-state index in [-0.39, 0.29) is 24.7 Å². The van der Waals surface area contributed by atoms with Crippen LogP contribution in [0.1, 0.15) is 57.7 Å². The van der Waals surface area contributed by atoms with Crippen molar-refractivity contribution in [3.05, 3.63) is 28.8 Å². The predicted octanol–water partition coefficient (Wildman–Crippen LogP) is 4.21. The lowest BCUT2D eigenvalue weighted by atomic mass is 10.0. The van der Waals surface area contributed by atoms with E-state index in [2.05, 4.69) is 33.9 Å². The number of hydrogen-bond acceptors (Lipinski definition) is 6. The van der Waals surface area contributed by atoms with E-state index in [9.17, 15) is 14.4 Å². The number of rotatable bonds is 9. The number of carboxylic acids is 1. The molecule has 0 saturated heterocycles. The fraction of sp³-hybridized carbons (Fsp3) is 0.571. The summed E-state index contributed by atoms with van der Waals surface area (Å²) in [6.07, 6.45) is 0.262. The second kappa shape index (κ2) is 9.91. The number of carbonyl (C=O) groups is 3. The molecule has 1 rings (SSSR count). The summed E-state index contributed by atoms with van der Waals surface area (Å²) >= 11 is 0. The van der Waals surface area contributed by atoms with Gasteiger partial charge in [-0.1, -0.05) is 20.8 Å². The molecular formula is C21H32O7Si. The molecule has 162 valence electrons. The molecule has 1 N–H and O–H groups in total. The van der Waals surface area contributed by atoms with Crippen molar-refractivity contribution in [1.29, 1.82) is 0 Å². The summed E-state index contributed by atoms with van der Waals surface area (Å²) in [6, 6.07) is 3.59. The molecule has 0 aliphatic rings. The molecule has 8 heteroatoms. The Labute approximate surface area is 173 Å². The third-order valence-corrected chi connectivity index (χ3v) is 9.28. The highest BCUT2D eigenvalue weighted by molar-refractivity contribution is 6.74. The minimum absolute atomic E-state index is 0.00667. The van der Waals surface area contributed by atoms with Crippen LogP contribution in [0.3, 0.4) is 0 Å². The summed E-state index contributed by atoms with van der Waals surface area (Å²) in [6.45, 7) is 13.1. The number of aliphatic carboxylic acids is 1. The Bertz CT molecular complexity index is 724. The maximum Gasteiger partial charge on any atom is 0.303 e. The van der Waals surface area contributed by atoms with E-state index in [1.54, 1.807) is 12.1 Å². The molecule has 0 heterocycles. The van der Waals surface area contributed by atoms with Gasteiger partial charge in [0.2, 0.25) is 0 Å². The third kappa shape index (κ3) is 7.89. The maximum atomic E-state index is 11.4. The lowest BCUT2D eigenvalue weighted by Crippen LogP contribution is -2.44. The van der Waals surface area contributed by atoms with Crippen molar-refractivity contribution < 1.29 is 33.4 Å². The summed E-state index contributed by atoms with van der Waals surface area (Å²) in [5, 5.41) is 8.93. The molecule has 29 heavy (non-hydrogen) atoms. The van der Waals surface area contributed by atoms with E-state index in [4.69, 9.17) is 19.0 Å². The van der Waals surface area contributed by atoms with Crippen LogP contribution in [-0.4, -0.2) is 31.3 Å². The molecule has 0 spiro atoms. The van der Waals surface area contributed by atoms with E-state index in [0.717, 1.165) is 5.56 Å². The molecule has 0 fully saturated rings. The van der Waals surface area contributed by atoms with Gasteiger partial charge in [0.25, 0.3) is 8.32 Å². The first-order valence-corrected chi connectivity index (χ1v) is 12.5. The van der Waals surface area contributed by atoms with Crippen LogP contribution in [0.15, 0.2) is 12.1 Å². The summed E-state index contributed by atoms with van der Waals surface area (Å²) < 4.78 is 16.9. The number of aryl methyl sites for hydroxylation is 1. The molecule has 0 aliphatic carbocycles. The monoisotopic (exact) mass is 424 g/mol. The number of ether oxygens (including phenoxy) is 2. The molecule has 0 saturated carbocycles. The van der Waals surface area contributed by atoms with E-state index in [0.29, 0.717) is 23.3 Å². The Kier molecular flexibility index (Phi) is 8.44. The molecule has 0 amide bonds. The quantitative estimate of drug-likeness (QED) is 0.468. The summed E-state index contributed by atoms with van der Waals surface area (Å²) in [5.74, 6) is -1.23. The molecule has 0 radical (unpaired) electrons. The lowest BCUT2D eigenvalue weighted by Gasteiger charge is -2.37. The Hall–Kier alpha value is -2.35. The predicted molar refractivity (Wildman–Crippen MR) is 111 cm³/mol. The van der Waals surface area contributed by atoms with Gasteiger partial charge >= 0.3 is 17.9 Å². The molecule has 0 atom stereocenters. The van der Waals surface area contributed by atoms with Crippen LogP contribution in [0.5, 0.6) is 5.75 Å². The Balaban J connectivity index is 3.47. The van der Waals surface area contributed by atoms with Gasteiger partial charge in [0.05, 0.1) is 0 Å². The van der Waals surface area contributed by atoms with E-state index in [1.807, 2.05) is 0 Å². The van der Waals surface area contributed by atoms with Crippen molar-refractivity contribution in [3.63, 3.8) is 0 Å². The third-order valence-electron chi connectivity index (χ3n) is 4.96. The zero-order valence-corrected chi connectivity index (χ0v) is 19.4. The molecule has 1 aromatic carbocycles. The van der Waals surface area contributed by atoms with E-state index < -0.39 is 26.2 Å². The minimum Gasteiger partial charge on any atom is -0.543 e. The van der Waals surface area contributed by atoms with Gasteiger partial charge in [0.15, 0.2) is 0 Å². The molecule has 0 aliphatic heterocycles. The number of hydrogen-bond donors (Lipinski definition) is 1. The highest BCUT2D eigenvalue weighted by Gasteiger charge is 2.40. The van der Waals surface area contributed by atoms with Crippen molar-refractivity contribution in [3.8, 4) is 5.75 Å². The molecule has 7 nitrogen and oxygen atoms in total. The zero-order chi connectivity index (χ0) is 22.4. The van der Waals surface area contributed by atoms with Gasteiger partial charge in [-0.05, 0) is 42.2 Å². The Morgan fingerprint density at radius 2 is 1.41 bits per heavy atom. The highest BCUT2D eigenvalue weighted by atomic mass is 28.4. The average Bonchev–Trinajstić information content (AvgIpc) is 2.56. The van der Waals surface area contributed by atoms with Crippen molar-refractivity contribution in [2.45, 2.75) is 78.8 Å². The van der Waals surface area contributed by atoms with Crippen molar-refractivity contribution in [2.24, 2.45) is 0 Å². The van der Waals surface area contributed by atoms with Gasteiger partial charge in [-0.25, -0.2) is 0 Å². The second-order valence-corrected chi connectivity index (χ2v) is 13.3.